The molecule has 0 saturated heterocycles. The number of allylic oxidation sites excluding steroid dienone is 2. The Bertz CT molecular complexity index is 2250. The van der Waals surface area contributed by atoms with Crippen LogP contribution in [0.4, 0.5) is 0 Å². The predicted molar refractivity (Wildman–Crippen MR) is 196 cm³/mol. The standard InChI is InChI=1S/C26H21N4Si.C13H24O2.Ir/c1-15-9-10-17-16(13-15)14-19-23-22(17)18-7-5-6-8-20(18)29(23)26-25(31(2,3)4)28-21-11-12-27-24(19)30(21)26;1-5-10(6-2)12(14)9-13(15)11(7-3)8-4;/h5-13H,1-4H3;9-11,14H,5-8H2,1-4H3;/q-1;;/b;12-9-;. The molecule has 3 aromatic carbocycles. The van der Waals surface area contributed by atoms with Crippen LogP contribution in [0, 0.1) is 24.8 Å². The maximum atomic E-state index is 11.7. The predicted octanol–water partition coefficient (Wildman–Crippen LogP) is 9.55. The van der Waals surface area contributed by atoms with E-state index >= 15 is 0 Å². The fourth-order valence-electron chi connectivity index (χ4n) is 6.95. The van der Waals surface area contributed by atoms with Gasteiger partial charge in [-0.1, -0.05) is 99.4 Å². The zero-order valence-electron chi connectivity index (χ0n) is 28.7. The molecule has 4 aromatic heterocycles. The van der Waals surface area contributed by atoms with Crippen molar-refractivity contribution in [2.45, 2.75) is 79.9 Å². The zero-order chi connectivity index (χ0) is 32.9. The summed E-state index contributed by atoms with van der Waals surface area (Å²) in [4.78, 5) is 21.7. The normalized spacial score (nSPS) is 12.7. The summed E-state index contributed by atoms with van der Waals surface area (Å²) in [5.74, 6) is 0.547. The summed E-state index contributed by atoms with van der Waals surface area (Å²) in [6.07, 6.45) is 6.79. The molecular weight excluding hydrogens is 777 g/mol. The van der Waals surface area contributed by atoms with Crippen molar-refractivity contribution in [1.29, 1.82) is 0 Å². The molecule has 0 spiro atoms. The van der Waals surface area contributed by atoms with Crippen LogP contribution in [0.3, 0.4) is 0 Å². The Morgan fingerprint density at radius 3 is 2.28 bits per heavy atom. The number of hydrogen-bond acceptors (Lipinski definition) is 4. The van der Waals surface area contributed by atoms with Crippen LogP contribution in [0.25, 0.3) is 54.9 Å². The van der Waals surface area contributed by atoms with Gasteiger partial charge in [0.25, 0.3) is 0 Å². The Kier molecular flexibility index (Phi) is 9.98. The Morgan fingerprint density at radius 1 is 0.936 bits per heavy atom. The monoisotopic (exact) mass is 822 g/mol. The molecule has 47 heavy (non-hydrogen) atoms. The number of aromatic nitrogens is 4. The average molecular weight is 822 g/mol. The van der Waals surface area contributed by atoms with E-state index < -0.39 is 8.07 Å². The number of nitrogens with zero attached hydrogens (tertiary/aromatic N) is 4. The largest absolute Gasteiger partial charge is 0.512 e. The van der Waals surface area contributed by atoms with Crippen molar-refractivity contribution in [2.24, 2.45) is 11.8 Å². The molecular formula is C39H45IrN4O2Si-. The minimum absolute atomic E-state index is 0. The molecule has 4 heterocycles. The molecule has 0 saturated carbocycles. The molecule has 0 unspecified atom stereocenters. The number of hydrogen-bond donors (Lipinski definition) is 1. The summed E-state index contributed by atoms with van der Waals surface area (Å²) in [6, 6.07) is 21.2. The second-order valence-electron chi connectivity index (χ2n) is 13.6. The van der Waals surface area contributed by atoms with E-state index in [2.05, 4.69) is 83.9 Å². The van der Waals surface area contributed by atoms with Gasteiger partial charge in [0.1, 0.15) is 19.4 Å². The number of benzene rings is 3. The smallest absolute Gasteiger partial charge is 0.162 e. The molecule has 0 bridgehead atoms. The third-order valence-electron chi connectivity index (χ3n) is 9.55. The fraction of sp³-hybridized carbons (Fsp3) is 0.359. The first-order valence-electron chi connectivity index (χ1n) is 16.8. The van der Waals surface area contributed by atoms with E-state index in [4.69, 9.17) is 9.97 Å². The number of carbonyl (C=O) groups is 1. The molecule has 8 heteroatoms. The Hall–Kier alpha value is -3.58. The number of aliphatic hydroxyl groups excluding tert-OH is 1. The van der Waals surface area contributed by atoms with Crippen LogP contribution in [-0.2, 0) is 24.9 Å². The van der Waals surface area contributed by atoms with Gasteiger partial charge in [0.05, 0.1) is 16.7 Å². The SMILES string of the molecule is CCC(CC)C(=O)/C=C(\O)C(CC)CC.Cc1ccc2c([c-]c3c4nccc5nc([Si](C)(C)C)c(n54)n4c5ccccc5c2c34)c1.[Ir]. The number of imidazole rings is 1. The van der Waals surface area contributed by atoms with Crippen molar-refractivity contribution in [1.82, 2.24) is 18.8 Å². The topological polar surface area (TPSA) is 71.9 Å². The van der Waals surface area contributed by atoms with Gasteiger partial charge in [-0.15, -0.1) is 17.5 Å². The van der Waals surface area contributed by atoms with Gasteiger partial charge in [0, 0.05) is 49.7 Å². The third-order valence-corrected chi connectivity index (χ3v) is 11.3. The summed E-state index contributed by atoms with van der Waals surface area (Å²) < 4.78 is 4.68. The zero-order valence-corrected chi connectivity index (χ0v) is 32.1. The minimum atomic E-state index is -1.72. The molecule has 7 aromatic rings. The van der Waals surface area contributed by atoms with Gasteiger partial charge in [0.2, 0.25) is 0 Å². The van der Waals surface area contributed by atoms with Gasteiger partial charge in [-0.05, 0) is 55.6 Å². The first-order chi connectivity index (χ1) is 22.0. The van der Waals surface area contributed by atoms with Crippen molar-refractivity contribution >= 4 is 74.1 Å². The summed E-state index contributed by atoms with van der Waals surface area (Å²) in [6.45, 7) is 17.3. The van der Waals surface area contributed by atoms with Crippen LogP contribution >= 0.6 is 0 Å². The van der Waals surface area contributed by atoms with Crippen LogP contribution in [0.1, 0.15) is 58.9 Å². The Balaban J connectivity index is 0.000000234. The first kappa shape index (κ1) is 34.7. The van der Waals surface area contributed by atoms with Crippen LogP contribution in [0.5, 0.6) is 0 Å². The summed E-state index contributed by atoms with van der Waals surface area (Å²) >= 11 is 0. The minimum Gasteiger partial charge on any atom is -0.512 e. The van der Waals surface area contributed by atoms with Crippen molar-refractivity contribution < 1.29 is 30.0 Å². The van der Waals surface area contributed by atoms with E-state index in [0.29, 0.717) is 0 Å². The van der Waals surface area contributed by atoms with Gasteiger partial charge in [-0.2, -0.15) is 0 Å². The molecule has 1 radical (unpaired) electrons. The fourth-order valence-corrected chi connectivity index (χ4v) is 8.30. The van der Waals surface area contributed by atoms with Gasteiger partial charge in [-0.3, -0.25) is 14.2 Å². The van der Waals surface area contributed by atoms with E-state index in [1.807, 2.05) is 40.0 Å². The molecule has 1 N–H and O–H groups in total. The molecule has 7 rings (SSSR count). The molecule has 247 valence electrons. The first-order valence-corrected chi connectivity index (χ1v) is 20.3. The van der Waals surface area contributed by atoms with Crippen molar-refractivity contribution in [3.8, 4) is 0 Å². The summed E-state index contributed by atoms with van der Waals surface area (Å²) in [5, 5.41) is 17.0. The van der Waals surface area contributed by atoms with E-state index in [9.17, 15) is 9.90 Å². The molecule has 0 fully saturated rings. The van der Waals surface area contributed by atoms with Gasteiger partial charge in [0.15, 0.2) is 5.78 Å². The van der Waals surface area contributed by atoms with E-state index in [1.165, 1.54) is 44.1 Å². The second-order valence-corrected chi connectivity index (χ2v) is 18.6. The Morgan fingerprint density at radius 2 is 1.62 bits per heavy atom. The molecule has 0 aliphatic heterocycles. The molecule has 0 aliphatic carbocycles. The average Bonchev–Trinajstić information content (AvgIpc) is 3.59. The molecule has 0 amide bonds. The Labute approximate surface area is 291 Å². The van der Waals surface area contributed by atoms with Crippen LogP contribution in [0.15, 0.2) is 66.6 Å². The molecule has 0 aliphatic rings. The van der Waals surface area contributed by atoms with Crippen molar-refractivity contribution in [3.05, 3.63) is 78.2 Å². The molecule has 6 nitrogen and oxygen atoms in total. The van der Waals surface area contributed by atoms with E-state index in [0.717, 1.165) is 53.4 Å². The molecule has 0 atom stereocenters. The van der Waals surface area contributed by atoms with E-state index in [1.54, 1.807) is 0 Å². The summed E-state index contributed by atoms with van der Waals surface area (Å²) in [5.41, 5.74) is 6.72. The number of aliphatic hydroxyl groups is 1. The van der Waals surface area contributed by atoms with Gasteiger partial charge >= 0.3 is 0 Å². The van der Waals surface area contributed by atoms with Crippen molar-refractivity contribution in [3.63, 3.8) is 0 Å². The van der Waals surface area contributed by atoms with E-state index in [-0.39, 0.29) is 43.5 Å². The second kappa shape index (κ2) is 13.5. The number of carbonyl (C=O) groups excluding carboxylic acids is 1. The van der Waals surface area contributed by atoms with Gasteiger partial charge in [-0.25, -0.2) is 4.98 Å². The van der Waals surface area contributed by atoms with Crippen LogP contribution < -0.4 is 5.32 Å². The maximum Gasteiger partial charge on any atom is 0.162 e. The number of ketones is 1. The van der Waals surface area contributed by atoms with Crippen LogP contribution in [-0.4, -0.2) is 37.7 Å². The van der Waals surface area contributed by atoms with Crippen LogP contribution in [0.2, 0.25) is 19.6 Å². The van der Waals surface area contributed by atoms with Gasteiger partial charge < -0.3 is 9.51 Å². The number of para-hydroxylation sites is 1. The summed E-state index contributed by atoms with van der Waals surface area (Å²) in [7, 11) is -1.72. The quantitative estimate of drug-likeness (QED) is 0.0414. The number of fused-ring (bicyclic) bond motifs is 7. The number of aryl methyl sites for hydroxylation is 1. The number of rotatable bonds is 8. The maximum absolute atomic E-state index is 11.7. The third kappa shape index (κ3) is 5.89. The van der Waals surface area contributed by atoms with Crippen molar-refractivity contribution in [2.75, 3.05) is 0 Å².